The number of rotatable bonds is 4. The van der Waals surface area contributed by atoms with Crippen LogP contribution in [0.4, 0.5) is 10.5 Å². The molecule has 0 saturated carbocycles. The Bertz CT molecular complexity index is 725. The van der Waals surface area contributed by atoms with Crippen LogP contribution in [0.3, 0.4) is 0 Å². The average molecular weight is 310 g/mol. The second-order valence-corrected chi connectivity index (χ2v) is 6.20. The van der Waals surface area contributed by atoms with Gasteiger partial charge < -0.3 is 15.3 Å². The van der Waals surface area contributed by atoms with Crippen molar-refractivity contribution in [1.82, 2.24) is 4.90 Å². The molecule has 2 amide bonds. The van der Waals surface area contributed by atoms with Crippen LogP contribution in [0.2, 0.25) is 0 Å². The fourth-order valence-corrected chi connectivity index (χ4v) is 2.92. The first-order valence-electron chi connectivity index (χ1n) is 7.96. The van der Waals surface area contributed by atoms with Crippen molar-refractivity contribution in [2.45, 2.75) is 25.9 Å². The van der Waals surface area contributed by atoms with E-state index in [2.05, 4.69) is 41.7 Å². The van der Waals surface area contributed by atoms with Gasteiger partial charge in [-0.05, 0) is 54.2 Å². The second-order valence-electron chi connectivity index (χ2n) is 6.20. The van der Waals surface area contributed by atoms with Crippen molar-refractivity contribution in [3.8, 4) is 11.1 Å². The Morgan fingerprint density at radius 2 is 1.96 bits per heavy atom. The Hall–Kier alpha value is -2.33. The Labute approximate surface area is 136 Å². The second kappa shape index (κ2) is 6.42. The van der Waals surface area contributed by atoms with Crippen LogP contribution in [-0.2, 0) is 6.42 Å². The Morgan fingerprint density at radius 1 is 1.22 bits per heavy atom. The van der Waals surface area contributed by atoms with Crippen LogP contribution in [0.25, 0.3) is 11.1 Å². The molecule has 4 heteroatoms. The maximum atomic E-state index is 12.2. The molecule has 0 bridgehead atoms. The highest BCUT2D eigenvalue weighted by molar-refractivity contribution is 5.90. The van der Waals surface area contributed by atoms with Gasteiger partial charge in [0.2, 0.25) is 0 Å². The number of benzene rings is 2. The first-order valence-corrected chi connectivity index (χ1v) is 7.96. The number of fused-ring (bicyclic) bond motifs is 3. The minimum Gasteiger partial charge on any atom is -0.393 e. The number of aliphatic hydroxyl groups excluding tert-OH is 1. The van der Waals surface area contributed by atoms with Gasteiger partial charge in [-0.25, -0.2) is 4.79 Å². The molecule has 1 atom stereocenters. The van der Waals surface area contributed by atoms with Crippen LogP contribution in [0.5, 0.6) is 0 Å². The highest BCUT2D eigenvalue weighted by Gasteiger charge is 2.18. The predicted octanol–water partition coefficient (Wildman–Crippen LogP) is 3.49. The number of carbonyl (C=O) groups excluding carboxylic acids is 1. The van der Waals surface area contributed by atoms with Gasteiger partial charge in [0.1, 0.15) is 0 Å². The molecule has 4 nitrogen and oxygen atoms in total. The normalized spacial score (nSPS) is 13.2. The summed E-state index contributed by atoms with van der Waals surface area (Å²) in [5, 5.41) is 12.2. The lowest BCUT2D eigenvalue weighted by Crippen LogP contribution is -2.33. The lowest BCUT2D eigenvalue weighted by atomic mass is 10.1. The topological polar surface area (TPSA) is 52.6 Å². The summed E-state index contributed by atoms with van der Waals surface area (Å²) >= 11 is 0. The number of amides is 2. The molecule has 2 aromatic carbocycles. The average Bonchev–Trinajstić information content (AvgIpc) is 2.90. The van der Waals surface area contributed by atoms with Crippen LogP contribution in [-0.4, -0.2) is 35.7 Å². The van der Waals surface area contributed by atoms with E-state index in [9.17, 15) is 9.90 Å². The zero-order valence-corrected chi connectivity index (χ0v) is 13.5. The molecule has 0 aromatic heterocycles. The molecule has 1 aliphatic carbocycles. The minimum absolute atomic E-state index is 0.152. The zero-order chi connectivity index (χ0) is 16.4. The molecule has 0 radical (unpaired) electrons. The number of aliphatic hydroxyl groups is 1. The third kappa shape index (κ3) is 3.37. The quantitative estimate of drug-likeness (QED) is 0.775. The molecule has 23 heavy (non-hydrogen) atoms. The summed E-state index contributed by atoms with van der Waals surface area (Å²) in [7, 11) is 1.74. The third-order valence-electron chi connectivity index (χ3n) is 4.27. The first kappa shape index (κ1) is 15.6. The van der Waals surface area contributed by atoms with E-state index in [1.54, 1.807) is 18.9 Å². The predicted molar refractivity (Wildman–Crippen MR) is 92.6 cm³/mol. The van der Waals surface area contributed by atoms with Crippen LogP contribution in [0.1, 0.15) is 24.5 Å². The molecule has 120 valence electrons. The fraction of sp³-hybridized carbons (Fsp3) is 0.316. The number of nitrogens with one attached hydrogen (secondary N) is 1. The smallest absolute Gasteiger partial charge is 0.321 e. The molecule has 0 saturated heterocycles. The van der Waals surface area contributed by atoms with Crippen LogP contribution in [0, 0.1) is 0 Å². The van der Waals surface area contributed by atoms with Crippen molar-refractivity contribution >= 4 is 11.7 Å². The monoisotopic (exact) mass is 310 g/mol. The van der Waals surface area contributed by atoms with Gasteiger partial charge in [0.05, 0.1) is 6.10 Å². The van der Waals surface area contributed by atoms with Gasteiger partial charge >= 0.3 is 6.03 Å². The molecule has 2 aromatic rings. The maximum Gasteiger partial charge on any atom is 0.321 e. The molecule has 1 unspecified atom stereocenters. The van der Waals surface area contributed by atoms with Crippen LogP contribution < -0.4 is 5.32 Å². The Morgan fingerprint density at radius 3 is 2.74 bits per heavy atom. The van der Waals surface area contributed by atoms with Crippen molar-refractivity contribution in [3.63, 3.8) is 0 Å². The largest absolute Gasteiger partial charge is 0.393 e. The van der Waals surface area contributed by atoms with Crippen LogP contribution in [0.15, 0.2) is 42.5 Å². The number of urea groups is 1. The molecule has 1 aliphatic rings. The van der Waals surface area contributed by atoms with Crippen molar-refractivity contribution in [1.29, 1.82) is 0 Å². The van der Waals surface area contributed by atoms with E-state index in [1.165, 1.54) is 22.3 Å². The van der Waals surface area contributed by atoms with E-state index >= 15 is 0 Å². The summed E-state index contributed by atoms with van der Waals surface area (Å²) in [4.78, 5) is 13.8. The van der Waals surface area contributed by atoms with Gasteiger partial charge in [-0.2, -0.15) is 0 Å². The van der Waals surface area contributed by atoms with Gasteiger partial charge in [-0.3, -0.25) is 0 Å². The molecule has 0 heterocycles. The van der Waals surface area contributed by atoms with Crippen molar-refractivity contribution in [2.24, 2.45) is 0 Å². The summed E-state index contributed by atoms with van der Waals surface area (Å²) < 4.78 is 0. The van der Waals surface area contributed by atoms with Crippen molar-refractivity contribution < 1.29 is 9.90 Å². The molecular formula is C19H22N2O2. The number of carbonyl (C=O) groups is 1. The number of hydrogen-bond donors (Lipinski definition) is 2. The number of anilines is 1. The van der Waals surface area contributed by atoms with Gasteiger partial charge in [0.25, 0.3) is 0 Å². The van der Waals surface area contributed by atoms with Crippen molar-refractivity contribution in [2.75, 3.05) is 18.9 Å². The highest BCUT2D eigenvalue weighted by atomic mass is 16.3. The number of nitrogens with zero attached hydrogens (tertiary/aromatic N) is 1. The van der Waals surface area contributed by atoms with E-state index in [1.807, 2.05) is 6.07 Å². The first-order chi connectivity index (χ1) is 11.0. The van der Waals surface area contributed by atoms with Gasteiger partial charge in [0, 0.05) is 19.3 Å². The summed E-state index contributed by atoms with van der Waals surface area (Å²) in [6, 6.07) is 14.3. The fourth-order valence-electron chi connectivity index (χ4n) is 2.92. The molecular weight excluding hydrogens is 288 g/mol. The number of hydrogen-bond acceptors (Lipinski definition) is 2. The van der Waals surface area contributed by atoms with E-state index in [0.29, 0.717) is 13.0 Å². The minimum atomic E-state index is -0.399. The Balaban J connectivity index is 1.69. The summed E-state index contributed by atoms with van der Waals surface area (Å²) in [6.45, 7) is 2.25. The Kier molecular flexibility index (Phi) is 4.35. The van der Waals surface area contributed by atoms with E-state index < -0.39 is 6.10 Å². The van der Waals surface area contributed by atoms with E-state index in [0.717, 1.165) is 12.1 Å². The standard InChI is InChI=1S/C19H22N2O2/c1-13(22)9-10-21(2)19(23)20-16-7-8-18-15(12-16)11-14-5-3-4-6-17(14)18/h3-8,12-13,22H,9-11H2,1-2H3,(H,20,23). The van der Waals surface area contributed by atoms with Gasteiger partial charge in [0.15, 0.2) is 0 Å². The summed E-state index contributed by atoms with van der Waals surface area (Å²) in [5.74, 6) is 0. The zero-order valence-electron chi connectivity index (χ0n) is 13.5. The molecule has 3 rings (SSSR count). The lowest BCUT2D eigenvalue weighted by molar-refractivity contribution is 0.167. The summed E-state index contributed by atoms with van der Waals surface area (Å²) in [5.41, 5.74) is 5.93. The van der Waals surface area contributed by atoms with E-state index in [4.69, 9.17) is 0 Å². The maximum absolute atomic E-state index is 12.2. The van der Waals surface area contributed by atoms with Gasteiger partial charge in [-0.15, -0.1) is 0 Å². The lowest BCUT2D eigenvalue weighted by Gasteiger charge is -2.19. The summed E-state index contributed by atoms with van der Waals surface area (Å²) in [6.07, 6.45) is 1.08. The molecule has 0 aliphatic heterocycles. The van der Waals surface area contributed by atoms with E-state index in [-0.39, 0.29) is 6.03 Å². The van der Waals surface area contributed by atoms with Crippen LogP contribution >= 0.6 is 0 Å². The molecule has 0 spiro atoms. The highest BCUT2D eigenvalue weighted by Crippen LogP contribution is 2.37. The SMILES string of the molecule is CC(O)CCN(C)C(=O)Nc1ccc2c(c1)Cc1ccccc1-2. The third-order valence-corrected chi connectivity index (χ3v) is 4.27. The van der Waals surface area contributed by atoms with Gasteiger partial charge in [-0.1, -0.05) is 30.3 Å². The molecule has 2 N–H and O–H groups in total. The van der Waals surface area contributed by atoms with Crippen molar-refractivity contribution in [3.05, 3.63) is 53.6 Å². The molecule has 0 fully saturated rings.